The van der Waals surface area contributed by atoms with Crippen molar-refractivity contribution in [1.29, 1.82) is 0 Å². The van der Waals surface area contributed by atoms with E-state index in [1.54, 1.807) is 0 Å². The molecule has 14 heavy (non-hydrogen) atoms. The summed E-state index contributed by atoms with van der Waals surface area (Å²) in [5.41, 5.74) is 19.9. The van der Waals surface area contributed by atoms with E-state index in [0.29, 0.717) is 0 Å². The molecule has 0 atom stereocenters. The van der Waals surface area contributed by atoms with Crippen LogP contribution >= 0.6 is 0 Å². The number of rotatable bonds is 5. The molecule has 0 aromatic carbocycles. The number of esters is 2. The van der Waals surface area contributed by atoms with E-state index in [2.05, 4.69) is 9.47 Å². The fourth-order valence-electron chi connectivity index (χ4n) is 0.477. The summed E-state index contributed by atoms with van der Waals surface area (Å²) in [5.74, 6) is -1.56. The lowest BCUT2D eigenvalue weighted by Crippen LogP contribution is -2.42. The van der Waals surface area contributed by atoms with Crippen LogP contribution in [0.25, 0.3) is 0 Å². The minimum atomic E-state index is -1.19. The van der Waals surface area contributed by atoms with E-state index >= 15 is 0 Å². The van der Waals surface area contributed by atoms with Gasteiger partial charge in [-0.3, -0.25) is 0 Å². The van der Waals surface area contributed by atoms with Gasteiger partial charge in [0.25, 0.3) is 0 Å². The molecule has 0 bridgehead atoms. The predicted octanol–water partition coefficient (Wildman–Crippen LogP) is -3.44. The lowest BCUT2D eigenvalue weighted by molar-refractivity contribution is -0.153. The lowest BCUT2D eigenvalue weighted by atomic mass is 10.5. The van der Waals surface area contributed by atoms with Gasteiger partial charge in [-0.1, -0.05) is 0 Å². The standard InChI is InChI=1S/C6H14N4O4/c7-3(8)5(11)13-1-2-14-6(12)4(9)10/h3-4H,1-2,7-10H2. The summed E-state index contributed by atoms with van der Waals surface area (Å²) in [6, 6.07) is 0. The topological polar surface area (TPSA) is 157 Å². The van der Waals surface area contributed by atoms with E-state index < -0.39 is 24.3 Å². The van der Waals surface area contributed by atoms with Crippen molar-refractivity contribution in [2.75, 3.05) is 13.2 Å². The Balaban J connectivity index is 3.48. The SMILES string of the molecule is NC(N)C(=O)OCCOC(=O)C(N)N. The second-order valence-corrected chi connectivity index (χ2v) is 2.39. The molecule has 0 aliphatic rings. The summed E-state index contributed by atoms with van der Waals surface area (Å²) < 4.78 is 8.97. The first-order chi connectivity index (χ1) is 6.45. The van der Waals surface area contributed by atoms with Gasteiger partial charge < -0.3 is 32.4 Å². The molecule has 8 nitrogen and oxygen atoms in total. The minimum absolute atomic E-state index is 0.137. The van der Waals surface area contributed by atoms with Gasteiger partial charge in [-0.25, -0.2) is 9.59 Å². The Morgan fingerprint density at radius 3 is 1.36 bits per heavy atom. The van der Waals surface area contributed by atoms with Gasteiger partial charge in [0.2, 0.25) is 0 Å². The molecule has 0 fully saturated rings. The molecule has 0 unspecified atom stereocenters. The van der Waals surface area contributed by atoms with E-state index in [-0.39, 0.29) is 13.2 Å². The molecule has 82 valence electrons. The lowest BCUT2D eigenvalue weighted by Gasteiger charge is -2.08. The summed E-state index contributed by atoms with van der Waals surface area (Å²) in [7, 11) is 0. The van der Waals surface area contributed by atoms with Crippen molar-refractivity contribution in [3.05, 3.63) is 0 Å². The molecular weight excluding hydrogens is 192 g/mol. The number of nitrogens with two attached hydrogens (primary N) is 4. The molecule has 0 aromatic heterocycles. The van der Waals surface area contributed by atoms with Crippen molar-refractivity contribution >= 4 is 11.9 Å². The molecule has 0 saturated carbocycles. The normalized spacial score (nSPS) is 10.4. The van der Waals surface area contributed by atoms with Gasteiger partial charge in [-0.15, -0.1) is 0 Å². The molecule has 8 heteroatoms. The largest absolute Gasteiger partial charge is 0.460 e. The highest BCUT2D eigenvalue weighted by molar-refractivity contribution is 5.75. The summed E-state index contributed by atoms with van der Waals surface area (Å²) >= 11 is 0. The van der Waals surface area contributed by atoms with Crippen molar-refractivity contribution in [2.45, 2.75) is 12.3 Å². The molecule has 0 radical (unpaired) electrons. The second kappa shape index (κ2) is 6.27. The smallest absolute Gasteiger partial charge is 0.337 e. The molecule has 0 rings (SSSR count). The summed E-state index contributed by atoms with van der Waals surface area (Å²) in [4.78, 5) is 21.3. The van der Waals surface area contributed by atoms with Gasteiger partial charge in [0.15, 0.2) is 12.3 Å². The Hall–Kier alpha value is -1.22. The van der Waals surface area contributed by atoms with Crippen LogP contribution in [0.5, 0.6) is 0 Å². The van der Waals surface area contributed by atoms with Gasteiger partial charge in [-0.05, 0) is 0 Å². The van der Waals surface area contributed by atoms with Gasteiger partial charge in [0, 0.05) is 0 Å². The molecule has 8 N–H and O–H groups in total. The summed E-state index contributed by atoms with van der Waals surface area (Å²) in [6.07, 6.45) is -2.38. The van der Waals surface area contributed by atoms with Crippen LogP contribution in [0.1, 0.15) is 0 Å². The van der Waals surface area contributed by atoms with Crippen LogP contribution in [0.15, 0.2) is 0 Å². The third-order valence-corrected chi connectivity index (χ3v) is 1.12. The third-order valence-electron chi connectivity index (χ3n) is 1.12. The average molecular weight is 206 g/mol. The van der Waals surface area contributed by atoms with Crippen molar-refractivity contribution in [2.24, 2.45) is 22.9 Å². The fourth-order valence-corrected chi connectivity index (χ4v) is 0.477. The number of ether oxygens (including phenoxy) is 2. The van der Waals surface area contributed by atoms with Crippen LogP contribution in [0.2, 0.25) is 0 Å². The predicted molar refractivity (Wildman–Crippen MR) is 46.2 cm³/mol. The van der Waals surface area contributed by atoms with E-state index in [4.69, 9.17) is 22.9 Å². The van der Waals surface area contributed by atoms with E-state index in [1.165, 1.54) is 0 Å². The zero-order valence-electron chi connectivity index (χ0n) is 7.51. The average Bonchev–Trinajstić information content (AvgIpc) is 2.11. The zero-order valence-corrected chi connectivity index (χ0v) is 7.51. The summed E-state index contributed by atoms with van der Waals surface area (Å²) in [6.45, 7) is -0.273. The fraction of sp³-hybridized carbons (Fsp3) is 0.667. The number of hydrogen-bond acceptors (Lipinski definition) is 8. The molecule has 0 amide bonds. The van der Waals surface area contributed by atoms with Crippen LogP contribution in [0.3, 0.4) is 0 Å². The second-order valence-electron chi connectivity index (χ2n) is 2.39. The van der Waals surface area contributed by atoms with Crippen molar-refractivity contribution in [3.63, 3.8) is 0 Å². The molecule has 0 aromatic rings. The van der Waals surface area contributed by atoms with Crippen LogP contribution in [-0.4, -0.2) is 37.5 Å². The molecular formula is C6H14N4O4. The van der Waals surface area contributed by atoms with Gasteiger partial charge >= 0.3 is 11.9 Å². The maximum atomic E-state index is 10.7. The number of carbonyl (C=O) groups is 2. The first-order valence-corrected chi connectivity index (χ1v) is 3.80. The quantitative estimate of drug-likeness (QED) is 0.205. The Kier molecular flexibility index (Phi) is 5.72. The maximum absolute atomic E-state index is 10.7. The van der Waals surface area contributed by atoms with Gasteiger partial charge in [0.1, 0.15) is 13.2 Å². The Morgan fingerprint density at radius 1 is 0.857 bits per heavy atom. The Bertz CT molecular complexity index is 184. The first kappa shape index (κ1) is 12.8. The highest BCUT2D eigenvalue weighted by Gasteiger charge is 2.11. The van der Waals surface area contributed by atoms with Gasteiger partial charge in [0.05, 0.1) is 0 Å². The molecule has 0 heterocycles. The van der Waals surface area contributed by atoms with Crippen LogP contribution in [0, 0.1) is 0 Å². The molecule has 0 aliphatic heterocycles. The van der Waals surface area contributed by atoms with E-state index in [9.17, 15) is 9.59 Å². The number of carbonyl (C=O) groups excluding carboxylic acids is 2. The molecule has 0 saturated heterocycles. The van der Waals surface area contributed by atoms with Crippen molar-refractivity contribution in [1.82, 2.24) is 0 Å². The van der Waals surface area contributed by atoms with Crippen molar-refractivity contribution < 1.29 is 19.1 Å². The van der Waals surface area contributed by atoms with Crippen LogP contribution in [-0.2, 0) is 19.1 Å². The van der Waals surface area contributed by atoms with E-state index in [1.807, 2.05) is 0 Å². The maximum Gasteiger partial charge on any atom is 0.337 e. The Morgan fingerprint density at radius 2 is 1.14 bits per heavy atom. The Labute approximate surface area is 80.5 Å². The zero-order chi connectivity index (χ0) is 11.1. The minimum Gasteiger partial charge on any atom is -0.460 e. The van der Waals surface area contributed by atoms with Crippen molar-refractivity contribution in [3.8, 4) is 0 Å². The van der Waals surface area contributed by atoms with Crippen LogP contribution in [0.4, 0.5) is 0 Å². The number of hydrogen-bond donors (Lipinski definition) is 4. The van der Waals surface area contributed by atoms with Crippen LogP contribution < -0.4 is 22.9 Å². The van der Waals surface area contributed by atoms with Gasteiger partial charge in [-0.2, -0.15) is 0 Å². The highest BCUT2D eigenvalue weighted by atomic mass is 16.6. The molecule has 0 spiro atoms. The highest BCUT2D eigenvalue weighted by Crippen LogP contribution is 1.83. The first-order valence-electron chi connectivity index (χ1n) is 3.80. The summed E-state index contributed by atoms with van der Waals surface area (Å²) in [5, 5.41) is 0. The third kappa shape index (κ3) is 5.43. The monoisotopic (exact) mass is 206 g/mol. The molecule has 0 aliphatic carbocycles. The van der Waals surface area contributed by atoms with E-state index in [0.717, 1.165) is 0 Å².